The second kappa shape index (κ2) is 13.4. The Morgan fingerprint density at radius 3 is 1.68 bits per heavy atom. The van der Waals surface area contributed by atoms with Crippen LogP contribution in [0, 0.1) is 0 Å². The fourth-order valence-corrected chi connectivity index (χ4v) is 10.9. The van der Waals surface area contributed by atoms with Crippen molar-refractivity contribution in [3.05, 3.63) is 241 Å². The van der Waals surface area contributed by atoms with Gasteiger partial charge >= 0.3 is 0 Å². The number of hydrogen-bond acceptors (Lipinski definition) is 3. The normalized spacial score (nSPS) is 13.2. The maximum Gasteiger partial charge on any atom is 0.0788 e. The number of benzene rings is 9. The lowest BCUT2D eigenvalue weighted by Crippen LogP contribution is -2.37. The molecule has 0 unspecified atom stereocenters. The van der Waals surface area contributed by atoms with Crippen molar-refractivity contribution in [3.8, 4) is 22.4 Å². The second-order valence-electron chi connectivity index (χ2n) is 15.4. The SMILES string of the molecule is c1ccc(-c2nc3cc(-c4cccc(N5c6ccccc6C(c6ccccc6)(c6ccccc6)c6ccccc65)c4)ccc3c3c2ccc2sc4ccccc4c23)cc1. The molecule has 1 aliphatic rings. The zero-order valence-corrected chi connectivity index (χ0v) is 32.9. The molecule has 0 fully saturated rings. The molecule has 9 aromatic carbocycles. The molecule has 3 heterocycles. The van der Waals surface area contributed by atoms with Gasteiger partial charge in [0.05, 0.1) is 28.0 Å². The molecule has 0 aliphatic carbocycles. The molecule has 0 spiro atoms. The zero-order valence-electron chi connectivity index (χ0n) is 32.1. The quantitative estimate of drug-likeness (QED) is 0.162. The van der Waals surface area contributed by atoms with Crippen LogP contribution in [0.3, 0.4) is 0 Å². The Balaban J connectivity index is 1.06. The van der Waals surface area contributed by atoms with E-state index in [-0.39, 0.29) is 0 Å². The average Bonchev–Trinajstić information content (AvgIpc) is 3.70. The number of rotatable bonds is 5. The van der Waals surface area contributed by atoms with Crippen molar-refractivity contribution in [2.45, 2.75) is 5.41 Å². The summed E-state index contributed by atoms with van der Waals surface area (Å²) >= 11 is 1.86. The molecule has 1 aliphatic heterocycles. The molecule has 0 saturated heterocycles. The van der Waals surface area contributed by atoms with Crippen LogP contribution >= 0.6 is 11.3 Å². The molecule has 0 amide bonds. The van der Waals surface area contributed by atoms with Crippen molar-refractivity contribution in [1.82, 2.24) is 4.98 Å². The van der Waals surface area contributed by atoms with Gasteiger partial charge in [0.1, 0.15) is 0 Å². The number of aromatic nitrogens is 1. The Kier molecular flexibility index (Phi) is 7.66. The van der Waals surface area contributed by atoms with E-state index in [0.717, 1.165) is 33.6 Å². The zero-order chi connectivity index (χ0) is 38.9. The Hall–Kier alpha value is -7.33. The lowest BCUT2D eigenvalue weighted by molar-refractivity contribution is 0.731. The maximum absolute atomic E-state index is 5.47. The summed E-state index contributed by atoms with van der Waals surface area (Å²) in [5, 5.41) is 6.23. The van der Waals surface area contributed by atoms with Crippen LogP contribution in [0.25, 0.3) is 64.2 Å². The Morgan fingerprint density at radius 2 is 0.966 bits per heavy atom. The summed E-state index contributed by atoms with van der Waals surface area (Å²) in [6.07, 6.45) is 0. The first-order valence-electron chi connectivity index (χ1n) is 20.2. The first-order chi connectivity index (χ1) is 29.3. The van der Waals surface area contributed by atoms with Crippen molar-refractivity contribution in [2.24, 2.45) is 0 Å². The molecule has 3 heteroatoms. The van der Waals surface area contributed by atoms with Crippen molar-refractivity contribution < 1.29 is 0 Å². The minimum absolute atomic E-state index is 0.508. The topological polar surface area (TPSA) is 16.1 Å². The Bertz CT molecular complexity index is 3300. The Morgan fingerprint density at radius 1 is 0.390 bits per heavy atom. The van der Waals surface area contributed by atoms with Gasteiger partial charge in [-0.05, 0) is 75.8 Å². The molecule has 0 saturated carbocycles. The van der Waals surface area contributed by atoms with Crippen molar-refractivity contribution in [3.63, 3.8) is 0 Å². The van der Waals surface area contributed by atoms with E-state index in [1.807, 2.05) is 11.3 Å². The van der Waals surface area contributed by atoms with Crippen LogP contribution in [0.15, 0.2) is 218 Å². The third-order valence-corrected chi connectivity index (χ3v) is 13.4. The first kappa shape index (κ1) is 33.8. The van der Waals surface area contributed by atoms with E-state index in [2.05, 4.69) is 223 Å². The number of pyridine rings is 1. The minimum Gasteiger partial charge on any atom is -0.310 e. The van der Waals surface area contributed by atoms with E-state index in [1.54, 1.807) is 0 Å². The highest BCUT2D eigenvalue weighted by Crippen LogP contribution is 2.57. The summed E-state index contributed by atoms with van der Waals surface area (Å²) in [6.45, 7) is 0. The fourth-order valence-electron chi connectivity index (χ4n) is 9.82. The number of fused-ring (bicyclic) bond motifs is 9. The molecule has 0 bridgehead atoms. The summed E-state index contributed by atoms with van der Waals surface area (Å²) in [5.74, 6) is 0. The van der Waals surface area contributed by atoms with Gasteiger partial charge in [-0.1, -0.05) is 176 Å². The number of thiophene rings is 1. The minimum atomic E-state index is -0.508. The van der Waals surface area contributed by atoms with E-state index < -0.39 is 5.41 Å². The standard InChI is InChI=1S/C56H36N2S/c1-4-17-37(18-5-1)55-45-33-34-52-54(44-25-10-15-30-51(44)59-52)53(45)43-32-31-39(36-48(43)57-55)38-19-16-24-42(35-38)58-49-28-13-11-26-46(49)56(40-20-6-2-7-21-40,41-22-8-3-9-23-41)47-27-12-14-29-50(47)58/h1-36H. The summed E-state index contributed by atoms with van der Waals surface area (Å²) < 4.78 is 2.60. The van der Waals surface area contributed by atoms with Gasteiger partial charge in [0.15, 0.2) is 0 Å². The summed E-state index contributed by atoms with van der Waals surface area (Å²) in [4.78, 5) is 7.92. The monoisotopic (exact) mass is 768 g/mol. The molecule has 0 radical (unpaired) electrons. The van der Waals surface area contributed by atoms with E-state index in [1.165, 1.54) is 70.0 Å². The summed E-state index contributed by atoms with van der Waals surface area (Å²) in [5.41, 5.74) is 13.3. The van der Waals surface area contributed by atoms with Crippen molar-refractivity contribution >= 4 is 70.2 Å². The number of para-hydroxylation sites is 2. The van der Waals surface area contributed by atoms with Gasteiger partial charge in [0.2, 0.25) is 0 Å². The highest BCUT2D eigenvalue weighted by molar-refractivity contribution is 7.26. The van der Waals surface area contributed by atoms with Crippen LogP contribution in [0.1, 0.15) is 22.3 Å². The van der Waals surface area contributed by atoms with E-state index in [4.69, 9.17) is 4.98 Å². The highest BCUT2D eigenvalue weighted by atomic mass is 32.1. The van der Waals surface area contributed by atoms with Crippen LogP contribution in [0.4, 0.5) is 17.1 Å². The number of nitrogens with zero attached hydrogens (tertiary/aromatic N) is 2. The average molecular weight is 769 g/mol. The molecule has 0 N–H and O–H groups in total. The first-order valence-corrected chi connectivity index (χ1v) is 21.0. The molecule has 2 nitrogen and oxygen atoms in total. The maximum atomic E-state index is 5.47. The van der Waals surface area contributed by atoms with E-state index >= 15 is 0 Å². The van der Waals surface area contributed by atoms with E-state index in [0.29, 0.717) is 0 Å². The smallest absolute Gasteiger partial charge is 0.0788 e. The van der Waals surface area contributed by atoms with Crippen molar-refractivity contribution in [1.29, 1.82) is 0 Å². The molecule has 276 valence electrons. The third kappa shape index (κ3) is 5.08. The van der Waals surface area contributed by atoms with Gasteiger partial charge in [-0.25, -0.2) is 4.98 Å². The van der Waals surface area contributed by atoms with Gasteiger partial charge in [-0.3, -0.25) is 0 Å². The lowest BCUT2D eigenvalue weighted by atomic mass is 9.62. The summed E-state index contributed by atoms with van der Waals surface area (Å²) in [6, 6.07) is 79.8. The van der Waals surface area contributed by atoms with Crippen LogP contribution in [0.2, 0.25) is 0 Å². The Labute approximate surface area is 346 Å². The van der Waals surface area contributed by atoms with Crippen LogP contribution in [-0.4, -0.2) is 4.98 Å². The molecular weight excluding hydrogens is 733 g/mol. The fraction of sp³-hybridized carbons (Fsp3) is 0.0179. The number of anilines is 3. The molecule has 2 aromatic heterocycles. The van der Waals surface area contributed by atoms with Crippen LogP contribution < -0.4 is 4.90 Å². The molecule has 12 rings (SSSR count). The van der Waals surface area contributed by atoms with Gasteiger partial charge in [-0.15, -0.1) is 11.3 Å². The van der Waals surface area contributed by atoms with Gasteiger partial charge in [-0.2, -0.15) is 0 Å². The van der Waals surface area contributed by atoms with Crippen LogP contribution in [0.5, 0.6) is 0 Å². The molecule has 0 atom stereocenters. The van der Waals surface area contributed by atoms with Gasteiger partial charge in [0, 0.05) is 47.6 Å². The molecular formula is C56H36N2S. The largest absolute Gasteiger partial charge is 0.310 e. The van der Waals surface area contributed by atoms with Crippen molar-refractivity contribution in [2.75, 3.05) is 4.90 Å². The van der Waals surface area contributed by atoms with Gasteiger partial charge < -0.3 is 4.90 Å². The number of hydrogen-bond donors (Lipinski definition) is 0. The highest BCUT2D eigenvalue weighted by Gasteiger charge is 2.46. The molecule has 11 aromatic rings. The second-order valence-corrected chi connectivity index (χ2v) is 16.5. The van der Waals surface area contributed by atoms with Crippen LogP contribution in [-0.2, 0) is 5.41 Å². The lowest BCUT2D eigenvalue weighted by Gasteiger charge is -2.46. The third-order valence-electron chi connectivity index (χ3n) is 12.3. The predicted octanol–water partition coefficient (Wildman–Crippen LogP) is 15.3. The van der Waals surface area contributed by atoms with E-state index in [9.17, 15) is 0 Å². The predicted molar refractivity (Wildman–Crippen MR) is 250 cm³/mol. The van der Waals surface area contributed by atoms with Gasteiger partial charge in [0.25, 0.3) is 0 Å². The molecule has 59 heavy (non-hydrogen) atoms. The summed E-state index contributed by atoms with van der Waals surface area (Å²) in [7, 11) is 0.